The van der Waals surface area contributed by atoms with E-state index in [1.54, 1.807) is 43.6 Å². The molecule has 3 aromatic heterocycles. The number of carbonyl (C=O) groups excluding carboxylic acids is 1. The molecule has 0 bridgehead atoms. The molecule has 6 heteroatoms. The number of aromatic amines is 2. The van der Waals surface area contributed by atoms with Crippen LogP contribution in [0.4, 0.5) is 4.39 Å². The van der Waals surface area contributed by atoms with Gasteiger partial charge < -0.3 is 15.7 Å². The van der Waals surface area contributed by atoms with Crippen LogP contribution in [-0.4, -0.2) is 20.9 Å². The number of fused-ring (bicyclic) bond motifs is 1. The van der Waals surface area contributed by atoms with Crippen molar-refractivity contribution in [2.45, 2.75) is 6.92 Å². The Hall–Kier alpha value is -3.41. The monoisotopic (exact) mass is 334 g/mol. The van der Waals surface area contributed by atoms with Gasteiger partial charge in [-0.25, -0.2) is 9.37 Å². The Morgan fingerprint density at radius 3 is 2.84 bits per heavy atom. The fourth-order valence-electron chi connectivity index (χ4n) is 3.04. The van der Waals surface area contributed by atoms with Crippen LogP contribution in [0.25, 0.3) is 33.5 Å². The molecule has 0 aliphatic carbocycles. The summed E-state index contributed by atoms with van der Waals surface area (Å²) in [5.41, 5.74) is 9.24. The molecule has 0 saturated carbocycles. The molecule has 0 saturated heterocycles. The quantitative estimate of drug-likeness (QED) is 0.532. The number of amides is 1. The van der Waals surface area contributed by atoms with Crippen LogP contribution in [0.5, 0.6) is 0 Å². The number of hydrogen-bond acceptors (Lipinski definition) is 2. The number of aromatic nitrogens is 3. The minimum atomic E-state index is -0.613. The minimum absolute atomic E-state index is 0.250. The first-order valence-electron chi connectivity index (χ1n) is 7.77. The number of benzene rings is 1. The van der Waals surface area contributed by atoms with Gasteiger partial charge in [0.1, 0.15) is 11.5 Å². The lowest BCUT2D eigenvalue weighted by Gasteiger charge is -2.06. The van der Waals surface area contributed by atoms with Crippen molar-refractivity contribution >= 4 is 16.9 Å². The second-order valence-corrected chi connectivity index (χ2v) is 5.87. The van der Waals surface area contributed by atoms with Crippen molar-refractivity contribution in [2.24, 2.45) is 5.73 Å². The largest absolute Gasteiger partial charge is 0.366 e. The Morgan fingerprint density at radius 2 is 2.04 bits per heavy atom. The van der Waals surface area contributed by atoms with E-state index in [0.717, 1.165) is 16.6 Å². The summed E-state index contributed by atoms with van der Waals surface area (Å²) in [4.78, 5) is 22.4. The number of primary amides is 1. The molecule has 5 nitrogen and oxygen atoms in total. The number of pyridine rings is 1. The normalized spacial score (nSPS) is 11.1. The summed E-state index contributed by atoms with van der Waals surface area (Å²) in [6.07, 6.45) is 3.46. The van der Waals surface area contributed by atoms with Crippen LogP contribution in [0.1, 0.15) is 15.9 Å². The van der Waals surface area contributed by atoms with Gasteiger partial charge in [-0.2, -0.15) is 0 Å². The molecule has 4 aromatic rings. The zero-order valence-corrected chi connectivity index (χ0v) is 13.4. The molecule has 1 amide bonds. The van der Waals surface area contributed by atoms with Crippen molar-refractivity contribution in [1.82, 2.24) is 15.0 Å². The van der Waals surface area contributed by atoms with Crippen molar-refractivity contribution in [3.63, 3.8) is 0 Å². The van der Waals surface area contributed by atoms with Gasteiger partial charge in [0.25, 0.3) is 5.91 Å². The molecular weight excluding hydrogens is 319 g/mol. The average molecular weight is 334 g/mol. The number of nitrogens with one attached hydrogen (secondary N) is 2. The molecule has 0 unspecified atom stereocenters. The summed E-state index contributed by atoms with van der Waals surface area (Å²) in [5.74, 6) is -0.988. The van der Waals surface area contributed by atoms with Crippen molar-refractivity contribution in [3.8, 4) is 22.5 Å². The second-order valence-electron chi connectivity index (χ2n) is 5.87. The number of hydrogen-bond donors (Lipinski definition) is 3. The maximum Gasteiger partial charge on any atom is 0.250 e. The third kappa shape index (κ3) is 2.39. The van der Waals surface area contributed by atoms with Crippen molar-refractivity contribution in [2.75, 3.05) is 0 Å². The molecule has 0 atom stereocenters. The van der Waals surface area contributed by atoms with E-state index in [4.69, 9.17) is 5.73 Å². The number of H-pyrrole nitrogens is 2. The molecule has 124 valence electrons. The standard InChI is InChI=1S/C19H15FN4O/c1-10-3-2-4-13(16(10)20)17-14(18(21)25)9-15(24-17)11-5-7-22-19-12(11)6-8-23-19/h2-9,24H,1H3,(H2,21,25)(H,22,23). The summed E-state index contributed by atoms with van der Waals surface area (Å²) >= 11 is 0. The number of nitrogens with zero attached hydrogens (tertiary/aromatic N) is 1. The Labute approximate surface area is 142 Å². The van der Waals surface area contributed by atoms with Gasteiger partial charge in [0.05, 0.1) is 11.3 Å². The molecule has 0 fully saturated rings. The lowest BCUT2D eigenvalue weighted by Crippen LogP contribution is -2.11. The van der Waals surface area contributed by atoms with Crippen molar-refractivity contribution in [3.05, 3.63) is 65.7 Å². The van der Waals surface area contributed by atoms with Crippen LogP contribution in [0.3, 0.4) is 0 Å². The van der Waals surface area contributed by atoms with Gasteiger partial charge in [0.15, 0.2) is 0 Å². The highest BCUT2D eigenvalue weighted by molar-refractivity contribution is 6.02. The highest BCUT2D eigenvalue weighted by Gasteiger charge is 2.19. The van der Waals surface area contributed by atoms with E-state index in [1.165, 1.54) is 0 Å². The summed E-state index contributed by atoms with van der Waals surface area (Å²) in [7, 11) is 0. The summed E-state index contributed by atoms with van der Waals surface area (Å²) in [5, 5.41) is 0.899. The van der Waals surface area contributed by atoms with Crippen LogP contribution in [0.15, 0.2) is 48.8 Å². The minimum Gasteiger partial charge on any atom is -0.366 e. The van der Waals surface area contributed by atoms with E-state index in [2.05, 4.69) is 15.0 Å². The predicted octanol–water partition coefficient (Wildman–Crippen LogP) is 3.77. The smallest absolute Gasteiger partial charge is 0.250 e. The maximum atomic E-state index is 14.6. The van der Waals surface area contributed by atoms with Gasteiger partial charge in [-0.1, -0.05) is 12.1 Å². The summed E-state index contributed by atoms with van der Waals surface area (Å²) < 4.78 is 14.6. The predicted molar refractivity (Wildman–Crippen MR) is 94.5 cm³/mol. The Bertz CT molecular complexity index is 1110. The SMILES string of the molecule is Cc1cccc(-c2[nH]c(-c3ccnc4[nH]ccc34)cc2C(N)=O)c1F. The molecular formula is C19H15FN4O. The zero-order chi connectivity index (χ0) is 17.6. The molecule has 3 heterocycles. The first-order valence-corrected chi connectivity index (χ1v) is 7.77. The van der Waals surface area contributed by atoms with Crippen molar-refractivity contribution in [1.29, 1.82) is 0 Å². The van der Waals surface area contributed by atoms with Gasteiger partial charge in [-0.15, -0.1) is 0 Å². The molecule has 25 heavy (non-hydrogen) atoms. The fourth-order valence-corrected chi connectivity index (χ4v) is 3.04. The van der Waals surface area contributed by atoms with Crippen LogP contribution in [0, 0.1) is 12.7 Å². The lowest BCUT2D eigenvalue weighted by atomic mass is 10.0. The van der Waals surface area contributed by atoms with E-state index < -0.39 is 5.91 Å². The molecule has 4 N–H and O–H groups in total. The highest BCUT2D eigenvalue weighted by Crippen LogP contribution is 2.33. The lowest BCUT2D eigenvalue weighted by molar-refractivity contribution is 0.100. The van der Waals surface area contributed by atoms with Gasteiger partial charge in [0.2, 0.25) is 0 Å². The number of carbonyl (C=O) groups is 1. The number of nitrogens with two attached hydrogens (primary N) is 1. The molecule has 1 aromatic carbocycles. The second kappa shape index (κ2) is 5.59. The van der Waals surface area contributed by atoms with E-state index in [0.29, 0.717) is 22.5 Å². The first-order chi connectivity index (χ1) is 12.1. The zero-order valence-electron chi connectivity index (χ0n) is 13.4. The highest BCUT2D eigenvalue weighted by atomic mass is 19.1. The molecule has 0 aliphatic heterocycles. The average Bonchev–Trinajstić information content (AvgIpc) is 3.23. The van der Waals surface area contributed by atoms with Crippen LogP contribution >= 0.6 is 0 Å². The third-order valence-electron chi connectivity index (χ3n) is 4.29. The van der Waals surface area contributed by atoms with Gasteiger partial charge in [0, 0.05) is 34.6 Å². The van der Waals surface area contributed by atoms with E-state index >= 15 is 0 Å². The number of halogens is 1. The fraction of sp³-hybridized carbons (Fsp3) is 0.0526. The van der Waals surface area contributed by atoms with Gasteiger partial charge in [-0.05, 0) is 36.8 Å². The van der Waals surface area contributed by atoms with Gasteiger partial charge >= 0.3 is 0 Å². The summed E-state index contributed by atoms with van der Waals surface area (Å²) in [6, 6.07) is 10.4. The van der Waals surface area contributed by atoms with Gasteiger partial charge in [-0.3, -0.25) is 4.79 Å². The first kappa shape index (κ1) is 15.1. The summed E-state index contributed by atoms with van der Waals surface area (Å²) in [6.45, 7) is 1.68. The van der Waals surface area contributed by atoms with E-state index in [-0.39, 0.29) is 11.4 Å². The number of rotatable bonds is 3. The van der Waals surface area contributed by atoms with Crippen molar-refractivity contribution < 1.29 is 9.18 Å². The van der Waals surface area contributed by atoms with Crippen LogP contribution in [-0.2, 0) is 0 Å². The number of aryl methyl sites for hydroxylation is 1. The van der Waals surface area contributed by atoms with E-state index in [1.807, 2.05) is 12.1 Å². The Morgan fingerprint density at radius 1 is 1.20 bits per heavy atom. The molecule has 4 rings (SSSR count). The van der Waals surface area contributed by atoms with E-state index in [9.17, 15) is 9.18 Å². The Kier molecular flexibility index (Phi) is 3.39. The third-order valence-corrected chi connectivity index (χ3v) is 4.29. The molecule has 0 radical (unpaired) electrons. The van der Waals surface area contributed by atoms with Crippen LogP contribution < -0.4 is 5.73 Å². The topological polar surface area (TPSA) is 87.6 Å². The molecule has 0 spiro atoms. The van der Waals surface area contributed by atoms with Crippen LogP contribution in [0.2, 0.25) is 0 Å². The molecule has 0 aliphatic rings. The maximum absolute atomic E-state index is 14.6. The Balaban J connectivity index is 1.97.